The number of hydrogen-bond donors (Lipinski definition) is 0. The van der Waals surface area contributed by atoms with Gasteiger partial charge in [0.2, 0.25) is 0 Å². The highest BCUT2D eigenvalue weighted by Gasteiger charge is 2.42. The SMILES string of the molecule is CC1(C)c2ccccc2C(C)(C)c2cc(-c3cccc(-c4ccc5c(c4)C(C)(C)c4ccccc4C5(C)C)c3)ccc21. The number of benzene rings is 5. The third kappa shape index (κ3) is 3.67. The highest BCUT2D eigenvalue weighted by molar-refractivity contribution is 5.76. The summed E-state index contributed by atoms with van der Waals surface area (Å²) in [7, 11) is 0. The third-order valence-electron chi connectivity index (χ3n) is 10.8. The minimum absolute atomic E-state index is 0.0237. The van der Waals surface area contributed by atoms with Crippen LogP contribution in [0.2, 0.25) is 0 Å². The maximum atomic E-state index is 2.46. The van der Waals surface area contributed by atoms with E-state index in [0.717, 1.165) is 0 Å². The molecule has 0 aliphatic heterocycles. The maximum Gasteiger partial charge on any atom is 0.0152 e. The molecule has 0 unspecified atom stereocenters. The summed E-state index contributed by atoms with van der Waals surface area (Å²) in [6.45, 7) is 19.0. The van der Waals surface area contributed by atoms with Crippen molar-refractivity contribution in [3.05, 3.63) is 154 Å². The van der Waals surface area contributed by atoms with E-state index in [-0.39, 0.29) is 21.7 Å². The first-order valence-corrected chi connectivity index (χ1v) is 15.5. The molecule has 0 bridgehead atoms. The van der Waals surface area contributed by atoms with Gasteiger partial charge in [0.05, 0.1) is 0 Å². The standard InChI is InChI=1S/C42H42/c1-39(2)31-16-9-11-18-33(31)41(5,6)37-25-29(20-22-35(37)39)27-14-13-15-28(24-27)30-21-23-36-38(26-30)42(7,8)34-19-12-10-17-32(34)40(36,3)4/h9-26H,1-8H3. The van der Waals surface area contributed by atoms with E-state index in [0.29, 0.717) is 0 Å². The predicted octanol–water partition coefficient (Wildman–Crippen LogP) is 11.0. The van der Waals surface area contributed by atoms with Crippen LogP contribution in [0, 0.1) is 0 Å². The van der Waals surface area contributed by atoms with Crippen molar-refractivity contribution in [3.63, 3.8) is 0 Å². The second-order valence-electron chi connectivity index (χ2n) is 14.7. The van der Waals surface area contributed by atoms with E-state index >= 15 is 0 Å². The van der Waals surface area contributed by atoms with E-state index in [1.54, 1.807) is 0 Å². The van der Waals surface area contributed by atoms with Crippen LogP contribution in [-0.2, 0) is 21.7 Å². The fourth-order valence-corrected chi connectivity index (χ4v) is 8.18. The Morgan fingerprint density at radius 1 is 0.262 bits per heavy atom. The molecule has 7 rings (SSSR count). The van der Waals surface area contributed by atoms with Crippen LogP contribution in [0.25, 0.3) is 22.3 Å². The second kappa shape index (κ2) is 8.81. The smallest absolute Gasteiger partial charge is 0.0152 e. The number of fused-ring (bicyclic) bond motifs is 4. The van der Waals surface area contributed by atoms with E-state index in [1.807, 2.05) is 0 Å². The van der Waals surface area contributed by atoms with E-state index < -0.39 is 0 Å². The monoisotopic (exact) mass is 546 g/mol. The fourth-order valence-electron chi connectivity index (χ4n) is 8.18. The summed E-state index contributed by atoms with van der Waals surface area (Å²) in [6, 6.07) is 41.5. The van der Waals surface area contributed by atoms with E-state index in [2.05, 4.69) is 165 Å². The Morgan fingerprint density at radius 3 is 0.905 bits per heavy atom. The average Bonchev–Trinajstić information content (AvgIpc) is 2.99. The second-order valence-corrected chi connectivity index (χ2v) is 14.7. The van der Waals surface area contributed by atoms with E-state index in [4.69, 9.17) is 0 Å². The first kappa shape index (κ1) is 27.0. The molecule has 0 spiro atoms. The number of hydrogen-bond acceptors (Lipinski definition) is 0. The fraction of sp³-hybridized carbons (Fsp3) is 0.286. The molecule has 0 radical (unpaired) electrons. The van der Waals surface area contributed by atoms with Gasteiger partial charge in [-0.05, 0) is 85.0 Å². The topological polar surface area (TPSA) is 0 Å². The molecule has 0 heteroatoms. The third-order valence-corrected chi connectivity index (χ3v) is 10.8. The molecule has 0 nitrogen and oxygen atoms in total. The minimum atomic E-state index is -0.0533. The van der Waals surface area contributed by atoms with Crippen LogP contribution in [-0.4, -0.2) is 0 Å². The molecule has 0 N–H and O–H groups in total. The van der Waals surface area contributed by atoms with Gasteiger partial charge in [0.1, 0.15) is 0 Å². The summed E-state index contributed by atoms with van der Waals surface area (Å²) < 4.78 is 0. The lowest BCUT2D eigenvalue weighted by Crippen LogP contribution is -2.36. The van der Waals surface area contributed by atoms with E-state index in [1.165, 1.54) is 66.8 Å². The molecule has 2 aliphatic rings. The molecule has 0 saturated carbocycles. The molecule has 0 aromatic heterocycles. The van der Waals surface area contributed by atoms with Gasteiger partial charge in [-0.25, -0.2) is 0 Å². The summed E-state index contributed by atoms with van der Waals surface area (Å²) >= 11 is 0. The predicted molar refractivity (Wildman–Crippen MR) is 179 cm³/mol. The molecular weight excluding hydrogens is 504 g/mol. The van der Waals surface area contributed by atoms with Crippen molar-refractivity contribution < 1.29 is 0 Å². The van der Waals surface area contributed by atoms with Crippen molar-refractivity contribution in [3.8, 4) is 22.3 Å². The van der Waals surface area contributed by atoms with Gasteiger partial charge in [-0.2, -0.15) is 0 Å². The van der Waals surface area contributed by atoms with Crippen molar-refractivity contribution in [2.75, 3.05) is 0 Å². The first-order valence-electron chi connectivity index (χ1n) is 15.5. The van der Waals surface area contributed by atoms with Gasteiger partial charge in [-0.15, -0.1) is 0 Å². The molecule has 0 fully saturated rings. The van der Waals surface area contributed by atoms with Crippen LogP contribution in [0.1, 0.15) is 99.9 Å². The molecule has 0 saturated heterocycles. The van der Waals surface area contributed by atoms with Gasteiger partial charge in [-0.1, -0.05) is 146 Å². The molecule has 42 heavy (non-hydrogen) atoms. The quantitative estimate of drug-likeness (QED) is 0.207. The lowest BCUT2D eigenvalue weighted by atomic mass is 9.59. The van der Waals surface area contributed by atoms with Crippen LogP contribution in [0.5, 0.6) is 0 Å². The lowest BCUT2D eigenvalue weighted by molar-refractivity contribution is 0.521. The summed E-state index contributed by atoms with van der Waals surface area (Å²) in [5.41, 5.74) is 16.5. The molecule has 5 aromatic carbocycles. The summed E-state index contributed by atoms with van der Waals surface area (Å²) in [6.07, 6.45) is 0. The maximum absolute atomic E-state index is 2.46. The summed E-state index contributed by atoms with van der Waals surface area (Å²) in [4.78, 5) is 0. The van der Waals surface area contributed by atoms with Crippen LogP contribution in [0.15, 0.2) is 109 Å². The van der Waals surface area contributed by atoms with Crippen molar-refractivity contribution in [2.45, 2.75) is 77.0 Å². The highest BCUT2D eigenvalue weighted by Crippen LogP contribution is 2.52. The molecule has 0 amide bonds. The summed E-state index contributed by atoms with van der Waals surface area (Å²) in [5.74, 6) is 0. The van der Waals surface area contributed by atoms with Crippen molar-refractivity contribution in [2.24, 2.45) is 0 Å². The highest BCUT2D eigenvalue weighted by atomic mass is 14.5. The van der Waals surface area contributed by atoms with Crippen LogP contribution >= 0.6 is 0 Å². The first-order chi connectivity index (χ1) is 19.8. The van der Waals surface area contributed by atoms with Gasteiger partial charge >= 0.3 is 0 Å². The molecule has 2 aliphatic carbocycles. The molecule has 0 heterocycles. The molecule has 210 valence electrons. The van der Waals surface area contributed by atoms with Gasteiger partial charge in [0, 0.05) is 21.7 Å². The van der Waals surface area contributed by atoms with Gasteiger partial charge in [0.25, 0.3) is 0 Å². The van der Waals surface area contributed by atoms with Gasteiger partial charge < -0.3 is 0 Å². The van der Waals surface area contributed by atoms with Crippen LogP contribution in [0.3, 0.4) is 0 Å². The number of rotatable bonds is 2. The van der Waals surface area contributed by atoms with Crippen LogP contribution in [0.4, 0.5) is 0 Å². The van der Waals surface area contributed by atoms with Crippen LogP contribution < -0.4 is 0 Å². The summed E-state index contributed by atoms with van der Waals surface area (Å²) in [5, 5.41) is 0. The van der Waals surface area contributed by atoms with Crippen molar-refractivity contribution in [1.82, 2.24) is 0 Å². The van der Waals surface area contributed by atoms with E-state index in [9.17, 15) is 0 Å². The van der Waals surface area contributed by atoms with Crippen molar-refractivity contribution >= 4 is 0 Å². The van der Waals surface area contributed by atoms with Gasteiger partial charge in [-0.3, -0.25) is 0 Å². The molecule has 5 aromatic rings. The zero-order valence-electron chi connectivity index (χ0n) is 26.4. The van der Waals surface area contributed by atoms with Gasteiger partial charge in [0.15, 0.2) is 0 Å². The molecule has 0 atom stereocenters. The van der Waals surface area contributed by atoms with Crippen molar-refractivity contribution in [1.29, 1.82) is 0 Å². The minimum Gasteiger partial charge on any atom is -0.0619 e. The zero-order chi connectivity index (χ0) is 29.7. The molecular formula is C42H42. The Labute approximate surface area is 252 Å². The Morgan fingerprint density at radius 2 is 0.548 bits per heavy atom. The average molecular weight is 547 g/mol. The Bertz CT molecular complexity index is 1740. The Kier molecular flexibility index (Phi) is 5.65. The Hall–Kier alpha value is -3.90. The normalized spacial score (nSPS) is 18.3. The Balaban J connectivity index is 1.32. The lowest BCUT2D eigenvalue weighted by Gasteiger charge is -2.44. The largest absolute Gasteiger partial charge is 0.0619 e. The zero-order valence-corrected chi connectivity index (χ0v) is 26.4.